The van der Waals surface area contributed by atoms with E-state index in [0.717, 1.165) is 0 Å². The second-order valence-corrected chi connectivity index (χ2v) is 6.19. The van der Waals surface area contributed by atoms with E-state index in [0.29, 0.717) is 16.7 Å². The Kier molecular flexibility index (Phi) is 4.44. The van der Waals surface area contributed by atoms with Gasteiger partial charge in [0.25, 0.3) is 5.91 Å². The van der Waals surface area contributed by atoms with Crippen LogP contribution < -0.4 is 11.1 Å². The number of nitrogens with two attached hydrogens (primary N) is 1. The van der Waals surface area contributed by atoms with E-state index < -0.39 is 31.1 Å². The van der Waals surface area contributed by atoms with E-state index in [4.69, 9.17) is 10.5 Å². The zero-order valence-electron chi connectivity index (χ0n) is 14.1. The first-order valence-electron chi connectivity index (χ1n) is 8.33. The summed E-state index contributed by atoms with van der Waals surface area (Å²) in [4.78, 5) is 24.8. The molecule has 1 aliphatic rings. The summed E-state index contributed by atoms with van der Waals surface area (Å²) in [6.07, 6.45) is -0.0716. The molecule has 1 aliphatic heterocycles. The van der Waals surface area contributed by atoms with Crippen molar-refractivity contribution >= 4 is 22.9 Å². The molecule has 1 aromatic carbocycles. The van der Waals surface area contributed by atoms with Gasteiger partial charge in [0.1, 0.15) is 30.1 Å². The standard InChI is InChI=1S/C17H18N6O4/c18-14-12-15(20-7-19-14)23(8-21-12)17-11(13(25)10(6-24)27-17)22-16(26)9-4-2-1-3-5-9/h1-5,7-8,10-11,13,17,24-25H,6H2,(H,22,26)(H2,18,19,20). The predicted octanol–water partition coefficient (Wildman–Crippen LogP) is -0.542. The number of ether oxygens (including phenoxy) is 1. The number of carbonyl (C=O) groups is 1. The molecule has 0 radical (unpaired) electrons. The summed E-state index contributed by atoms with van der Waals surface area (Å²) in [5.74, 6) is -0.161. The number of hydrogen-bond donors (Lipinski definition) is 4. The molecule has 3 heterocycles. The maximum atomic E-state index is 12.6. The van der Waals surface area contributed by atoms with Crippen molar-refractivity contribution in [1.82, 2.24) is 24.8 Å². The van der Waals surface area contributed by atoms with Crippen molar-refractivity contribution in [2.24, 2.45) is 0 Å². The summed E-state index contributed by atoms with van der Waals surface area (Å²) in [6, 6.07) is 7.79. The summed E-state index contributed by atoms with van der Waals surface area (Å²) in [5.41, 5.74) is 7.04. The average Bonchev–Trinajstić information content (AvgIpc) is 3.25. The van der Waals surface area contributed by atoms with Crippen LogP contribution in [0.4, 0.5) is 5.82 Å². The lowest BCUT2D eigenvalue weighted by molar-refractivity contribution is -0.0440. The third kappa shape index (κ3) is 2.99. The van der Waals surface area contributed by atoms with Gasteiger partial charge in [-0.3, -0.25) is 9.36 Å². The quantitative estimate of drug-likeness (QED) is 0.478. The van der Waals surface area contributed by atoms with Crippen LogP contribution in [0.25, 0.3) is 11.2 Å². The number of amides is 1. The monoisotopic (exact) mass is 370 g/mol. The topological polar surface area (TPSA) is 148 Å². The Morgan fingerprint density at radius 1 is 1.26 bits per heavy atom. The molecule has 4 unspecified atom stereocenters. The highest BCUT2D eigenvalue weighted by atomic mass is 16.5. The Bertz CT molecular complexity index is 962. The molecule has 0 aliphatic carbocycles. The fourth-order valence-corrected chi connectivity index (χ4v) is 3.17. The molecule has 4 atom stereocenters. The number of nitrogens with zero attached hydrogens (tertiary/aromatic N) is 4. The smallest absolute Gasteiger partial charge is 0.251 e. The largest absolute Gasteiger partial charge is 0.394 e. The SMILES string of the molecule is Nc1ncnc2c1ncn2C1OC(CO)C(O)C1NC(=O)c1ccccc1. The summed E-state index contributed by atoms with van der Waals surface area (Å²) in [5, 5.41) is 22.8. The minimum absolute atomic E-state index is 0.209. The van der Waals surface area contributed by atoms with E-state index >= 15 is 0 Å². The van der Waals surface area contributed by atoms with Crippen molar-refractivity contribution < 1.29 is 19.7 Å². The number of anilines is 1. The van der Waals surface area contributed by atoms with Crippen LogP contribution in [-0.4, -0.2) is 60.5 Å². The molecule has 5 N–H and O–H groups in total. The van der Waals surface area contributed by atoms with Crippen molar-refractivity contribution in [3.63, 3.8) is 0 Å². The van der Waals surface area contributed by atoms with Crippen molar-refractivity contribution in [3.05, 3.63) is 48.5 Å². The van der Waals surface area contributed by atoms with Gasteiger partial charge in [0, 0.05) is 5.56 Å². The van der Waals surface area contributed by atoms with Crippen molar-refractivity contribution in [2.75, 3.05) is 12.3 Å². The molecule has 3 aromatic rings. The number of nitrogens with one attached hydrogen (secondary N) is 1. The van der Waals surface area contributed by atoms with Crippen LogP contribution in [0.5, 0.6) is 0 Å². The molecular weight excluding hydrogens is 352 g/mol. The fourth-order valence-electron chi connectivity index (χ4n) is 3.17. The minimum Gasteiger partial charge on any atom is -0.394 e. The van der Waals surface area contributed by atoms with Gasteiger partial charge in [0.05, 0.1) is 12.9 Å². The Labute approximate surface area is 153 Å². The zero-order chi connectivity index (χ0) is 19.0. The van der Waals surface area contributed by atoms with Crippen LogP contribution in [0.2, 0.25) is 0 Å². The predicted molar refractivity (Wildman–Crippen MR) is 94.4 cm³/mol. The second-order valence-electron chi connectivity index (χ2n) is 6.19. The van der Waals surface area contributed by atoms with Gasteiger partial charge in [-0.15, -0.1) is 0 Å². The van der Waals surface area contributed by atoms with Crippen molar-refractivity contribution in [2.45, 2.75) is 24.5 Å². The Morgan fingerprint density at radius 3 is 2.78 bits per heavy atom. The molecule has 4 rings (SSSR count). The lowest BCUT2D eigenvalue weighted by atomic mass is 10.1. The van der Waals surface area contributed by atoms with Crippen molar-refractivity contribution in [3.8, 4) is 0 Å². The number of carbonyl (C=O) groups excluding carboxylic acids is 1. The van der Waals surface area contributed by atoms with Crippen LogP contribution in [0.1, 0.15) is 16.6 Å². The summed E-state index contributed by atoms with van der Waals surface area (Å²) in [7, 11) is 0. The second kappa shape index (κ2) is 6.91. The first kappa shape index (κ1) is 17.3. The van der Waals surface area contributed by atoms with Gasteiger partial charge in [0.2, 0.25) is 0 Å². The van der Waals surface area contributed by atoms with Crippen LogP contribution in [-0.2, 0) is 4.74 Å². The van der Waals surface area contributed by atoms with E-state index in [9.17, 15) is 15.0 Å². The molecule has 10 heteroatoms. The van der Waals surface area contributed by atoms with Crippen LogP contribution in [0, 0.1) is 0 Å². The number of nitrogen functional groups attached to an aromatic ring is 1. The van der Waals surface area contributed by atoms with E-state index in [-0.39, 0.29) is 11.7 Å². The Balaban J connectivity index is 1.69. The van der Waals surface area contributed by atoms with Gasteiger partial charge in [-0.2, -0.15) is 0 Å². The lowest BCUT2D eigenvalue weighted by Gasteiger charge is -2.23. The summed E-state index contributed by atoms with van der Waals surface area (Å²) in [6.45, 7) is -0.404. The van der Waals surface area contributed by atoms with Gasteiger partial charge in [-0.1, -0.05) is 18.2 Å². The third-order valence-electron chi connectivity index (χ3n) is 4.55. The number of aliphatic hydroxyl groups excluding tert-OH is 2. The van der Waals surface area contributed by atoms with E-state index in [1.165, 1.54) is 12.7 Å². The van der Waals surface area contributed by atoms with Crippen LogP contribution in [0.15, 0.2) is 43.0 Å². The van der Waals surface area contributed by atoms with E-state index in [1.807, 2.05) is 0 Å². The van der Waals surface area contributed by atoms with Gasteiger partial charge in [0.15, 0.2) is 17.7 Å². The average molecular weight is 370 g/mol. The number of hydrogen-bond acceptors (Lipinski definition) is 8. The summed E-state index contributed by atoms with van der Waals surface area (Å²) >= 11 is 0. The number of aromatic nitrogens is 4. The molecule has 0 spiro atoms. The molecule has 140 valence electrons. The molecule has 27 heavy (non-hydrogen) atoms. The van der Waals surface area contributed by atoms with Gasteiger partial charge < -0.3 is 26.0 Å². The van der Waals surface area contributed by atoms with Gasteiger partial charge >= 0.3 is 0 Å². The lowest BCUT2D eigenvalue weighted by Crippen LogP contribution is -2.46. The molecule has 1 saturated heterocycles. The fraction of sp³-hybridized carbons (Fsp3) is 0.294. The van der Waals surface area contributed by atoms with E-state index in [1.54, 1.807) is 34.9 Å². The number of benzene rings is 1. The first-order valence-corrected chi connectivity index (χ1v) is 8.33. The number of rotatable bonds is 4. The molecule has 10 nitrogen and oxygen atoms in total. The molecule has 1 amide bonds. The Morgan fingerprint density at radius 2 is 2.04 bits per heavy atom. The molecule has 1 fully saturated rings. The number of aliphatic hydroxyl groups is 2. The highest BCUT2D eigenvalue weighted by Gasteiger charge is 2.45. The molecule has 0 bridgehead atoms. The normalized spacial score (nSPS) is 25.0. The van der Waals surface area contributed by atoms with E-state index in [2.05, 4.69) is 20.3 Å². The zero-order valence-corrected chi connectivity index (χ0v) is 14.1. The minimum atomic E-state index is -1.12. The van der Waals surface area contributed by atoms with Gasteiger partial charge in [-0.25, -0.2) is 15.0 Å². The first-order chi connectivity index (χ1) is 13.1. The molecule has 2 aromatic heterocycles. The number of fused-ring (bicyclic) bond motifs is 1. The van der Waals surface area contributed by atoms with Crippen molar-refractivity contribution in [1.29, 1.82) is 0 Å². The summed E-state index contributed by atoms with van der Waals surface area (Å²) < 4.78 is 7.33. The molecular formula is C17H18N6O4. The van der Waals surface area contributed by atoms with Crippen LogP contribution >= 0.6 is 0 Å². The van der Waals surface area contributed by atoms with Gasteiger partial charge in [-0.05, 0) is 12.1 Å². The highest BCUT2D eigenvalue weighted by Crippen LogP contribution is 2.32. The molecule has 0 saturated carbocycles. The van der Waals surface area contributed by atoms with Crippen LogP contribution in [0.3, 0.4) is 0 Å². The number of imidazole rings is 1. The highest BCUT2D eigenvalue weighted by molar-refractivity contribution is 5.94. The maximum Gasteiger partial charge on any atom is 0.251 e. The maximum absolute atomic E-state index is 12.6. The Hall–Kier alpha value is -3.08. The third-order valence-corrected chi connectivity index (χ3v) is 4.55.